The number of carbonyl (C=O) groups excluding carboxylic acids is 1. The first kappa shape index (κ1) is 14.1. The number of carbonyl (C=O) groups is 1. The van der Waals surface area contributed by atoms with Crippen LogP contribution in [0, 0.1) is 0 Å². The normalized spacial score (nSPS) is 10.4. The standard InChI is InChI=1S/C19H18N2O/c1-2-15-5-9-17(10-6-15)20-19(22)16-7-11-18(12-8-16)21-13-3-4-14-21/h3-14H,2H2,1H3,(H,20,22). The Hall–Kier alpha value is -2.81. The maximum atomic E-state index is 12.2. The molecule has 2 aromatic carbocycles. The molecule has 3 nitrogen and oxygen atoms in total. The Labute approximate surface area is 130 Å². The molecule has 3 aromatic rings. The van der Waals surface area contributed by atoms with Crippen molar-refractivity contribution < 1.29 is 4.79 Å². The highest BCUT2D eigenvalue weighted by molar-refractivity contribution is 6.04. The largest absolute Gasteiger partial charge is 0.324 e. The molecule has 110 valence electrons. The van der Waals surface area contributed by atoms with E-state index in [1.807, 2.05) is 77.6 Å². The van der Waals surface area contributed by atoms with Crippen LogP contribution in [-0.4, -0.2) is 10.5 Å². The number of anilines is 1. The maximum absolute atomic E-state index is 12.2. The monoisotopic (exact) mass is 290 g/mol. The van der Waals surface area contributed by atoms with E-state index in [2.05, 4.69) is 12.2 Å². The zero-order valence-corrected chi connectivity index (χ0v) is 12.5. The first-order valence-electron chi connectivity index (χ1n) is 7.40. The number of nitrogens with zero attached hydrogens (tertiary/aromatic N) is 1. The summed E-state index contributed by atoms with van der Waals surface area (Å²) in [6.45, 7) is 2.11. The summed E-state index contributed by atoms with van der Waals surface area (Å²) in [5, 5.41) is 2.92. The van der Waals surface area contributed by atoms with E-state index < -0.39 is 0 Å². The van der Waals surface area contributed by atoms with Gasteiger partial charge in [0.1, 0.15) is 0 Å². The van der Waals surface area contributed by atoms with Crippen LogP contribution < -0.4 is 5.32 Å². The molecule has 0 saturated carbocycles. The van der Waals surface area contributed by atoms with Crippen molar-refractivity contribution in [1.82, 2.24) is 4.57 Å². The van der Waals surface area contributed by atoms with Gasteiger partial charge in [0.05, 0.1) is 0 Å². The Morgan fingerprint density at radius 2 is 1.59 bits per heavy atom. The summed E-state index contributed by atoms with van der Waals surface area (Å²) in [7, 11) is 0. The number of amides is 1. The minimum atomic E-state index is -0.0942. The van der Waals surface area contributed by atoms with Gasteiger partial charge in [-0.05, 0) is 60.5 Å². The Morgan fingerprint density at radius 1 is 0.955 bits per heavy atom. The topological polar surface area (TPSA) is 34.0 Å². The van der Waals surface area contributed by atoms with Crippen molar-refractivity contribution in [2.75, 3.05) is 5.32 Å². The van der Waals surface area contributed by atoms with Gasteiger partial charge in [-0.3, -0.25) is 4.79 Å². The van der Waals surface area contributed by atoms with Gasteiger partial charge in [-0.2, -0.15) is 0 Å². The van der Waals surface area contributed by atoms with Gasteiger partial charge in [0.25, 0.3) is 5.91 Å². The van der Waals surface area contributed by atoms with Crippen LogP contribution in [0.1, 0.15) is 22.8 Å². The van der Waals surface area contributed by atoms with Crippen LogP contribution in [0.4, 0.5) is 5.69 Å². The predicted molar refractivity (Wildman–Crippen MR) is 89.5 cm³/mol. The Morgan fingerprint density at radius 3 is 2.18 bits per heavy atom. The lowest BCUT2D eigenvalue weighted by atomic mass is 10.1. The lowest BCUT2D eigenvalue weighted by Gasteiger charge is -2.07. The lowest BCUT2D eigenvalue weighted by molar-refractivity contribution is 0.102. The highest BCUT2D eigenvalue weighted by Gasteiger charge is 2.06. The molecule has 0 saturated heterocycles. The molecule has 0 fully saturated rings. The SMILES string of the molecule is CCc1ccc(NC(=O)c2ccc(-n3cccc3)cc2)cc1. The zero-order valence-electron chi connectivity index (χ0n) is 12.5. The number of aromatic nitrogens is 1. The fraction of sp³-hybridized carbons (Fsp3) is 0.105. The molecule has 1 aromatic heterocycles. The van der Waals surface area contributed by atoms with Crippen molar-refractivity contribution in [3.05, 3.63) is 84.2 Å². The Balaban J connectivity index is 1.71. The van der Waals surface area contributed by atoms with E-state index in [1.54, 1.807) is 0 Å². The van der Waals surface area contributed by atoms with E-state index in [4.69, 9.17) is 0 Å². The molecule has 0 atom stereocenters. The Bertz CT molecular complexity index is 741. The molecule has 0 bridgehead atoms. The quantitative estimate of drug-likeness (QED) is 0.764. The first-order valence-corrected chi connectivity index (χ1v) is 7.40. The first-order chi connectivity index (χ1) is 10.8. The van der Waals surface area contributed by atoms with Crippen LogP contribution >= 0.6 is 0 Å². The summed E-state index contributed by atoms with van der Waals surface area (Å²) in [6, 6.07) is 19.4. The van der Waals surface area contributed by atoms with Crippen molar-refractivity contribution in [3.8, 4) is 5.69 Å². The summed E-state index contributed by atoms with van der Waals surface area (Å²) in [5.74, 6) is -0.0942. The summed E-state index contributed by atoms with van der Waals surface area (Å²) in [4.78, 5) is 12.2. The number of aryl methyl sites for hydroxylation is 1. The third kappa shape index (κ3) is 3.09. The Kier molecular flexibility index (Phi) is 4.05. The minimum absolute atomic E-state index is 0.0942. The van der Waals surface area contributed by atoms with Gasteiger partial charge < -0.3 is 9.88 Å². The van der Waals surface area contributed by atoms with Gasteiger partial charge in [0.2, 0.25) is 0 Å². The maximum Gasteiger partial charge on any atom is 0.255 e. The molecular weight excluding hydrogens is 272 g/mol. The van der Waals surface area contributed by atoms with Gasteiger partial charge in [-0.25, -0.2) is 0 Å². The molecule has 1 heterocycles. The number of hydrogen-bond donors (Lipinski definition) is 1. The second-order valence-corrected chi connectivity index (χ2v) is 5.14. The average Bonchev–Trinajstić information content (AvgIpc) is 3.10. The molecule has 22 heavy (non-hydrogen) atoms. The van der Waals surface area contributed by atoms with Crippen LogP contribution in [0.2, 0.25) is 0 Å². The van der Waals surface area contributed by atoms with E-state index in [0.717, 1.165) is 17.8 Å². The van der Waals surface area contributed by atoms with E-state index in [0.29, 0.717) is 5.56 Å². The van der Waals surface area contributed by atoms with Gasteiger partial charge in [0, 0.05) is 29.3 Å². The molecule has 0 aliphatic rings. The van der Waals surface area contributed by atoms with Crippen LogP contribution in [0.5, 0.6) is 0 Å². The highest BCUT2D eigenvalue weighted by Crippen LogP contribution is 2.14. The van der Waals surface area contributed by atoms with E-state index in [9.17, 15) is 4.79 Å². The molecule has 0 spiro atoms. The molecule has 0 unspecified atom stereocenters. The minimum Gasteiger partial charge on any atom is -0.324 e. The summed E-state index contributed by atoms with van der Waals surface area (Å²) < 4.78 is 2.01. The van der Waals surface area contributed by atoms with Crippen LogP contribution in [-0.2, 0) is 6.42 Å². The van der Waals surface area contributed by atoms with Crippen molar-refractivity contribution >= 4 is 11.6 Å². The molecule has 3 heteroatoms. The van der Waals surface area contributed by atoms with E-state index in [-0.39, 0.29) is 5.91 Å². The predicted octanol–water partition coefficient (Wildman–Crippen LogP) is 4.29. The van der Waals surface area contributed by atoms with Crippen molar-refractivity contribution in [1.29, 1.82) is 0 Å². The third-order valence-electron chi connectivity index (χ3n) is 3.65. The molecular formula is C19H18N2O. The van der Waals surface area contributed by atoms with Gasteiger partial charge in [-0.1, -0.05) is 19.1 Å². The van der Waals surface area contributed by atoms with Gasteiger partial charge >= 0.3 is 0 Å². The van der Waals surface area contributed by atoms with Crippen molar-refractivity contribution in [2.45, 2.75) is 13.3 Å². The van der Waals surface area contributed by atoms with E-state index >= 15 is 0 Å². The number of benzene rings is 2. The van der Waals surface area contributed by atoms with Crippen molar-refractivity contribution in [2.24, 2.45) is 0 Å². The van der Waals surface area contributed by atoms with E-state index in [1.165, 1.54) is 5.56 Å². The van der Waals surface area contributed by atoms with Gasteiger partial charge in [-0.15, -0.1) is 0 Å². The summed E-state index contributed by atoms with van der Waals surface area (Å²) in [5.41, 5.74) is 3.76. The second-order valence-electron chi connectivity index (χ2n) is 5.14. The third-order valence-corrected chi connectivity index (χ3v) is 3.65. The molecule has 0 aliphatic carbocycles. The molecule has 1 amide bonds. The second kappa shape index (κ2) is 6.31. The number of hydrogen-bond acceptors (Lipinski definition) is 1. The average molecular weight is 290 g/mol. The fourth-order valence-electron chi connectivity index (χ4n) is 2.32. The highest BCUT2D eigenvalue weighted by atomic mass is 16.1. The van der Waals surface area contributed by atoms with Gasteiger partial charge in [0.15, 0.2) is 0 Å². The zero-order chi connectivity index (χ0) is 15.4. The lowest BCUT2D eigenvalue weighted by Crippen LogP contribution is -2.11. The molecule has 3 rings (SSSR count). The van der Waals surface area contributed by atoms with Crippen LogP contribution in [0.3, 0.4) is 0 Å². The molecule has 0 aliphatic heterocycles. The van der Waals surface area contributed by atoms with Crippen LogP contribution in [0.25, 0.3) is 5.69 Å². The number of nitrogens with one attached hydrogen (secondary N) is 1. The van der Waals surface area contributed by atoms with Crippen molar-refractivity contribution in [3.63, 3.8) is 0 Å². The molecule has 1 N–H and O–H groups in total. The fourth-order valence-corrected chi connectivity index (χ4v) is 2.32. The summed E-state index contributed by atoms with van der Waals surface area (Å²) in [6.07, 6.45) is 4.95. The number of rotatable bonds is 4. The smallest absolute Gasteiger partial charge is 0.255 e. The van der Waals surface area contributed by atoms with Crippen LogP contribution in [0.15, 0.2) is 73.1 Å². The summed E-state index contributed by atoms with van der Waals surface area (Å²) >= 11 is 0. The molecule has 0 radical (unpaired) electrons.